The van der Waals surface area contributed by atoms with Crippen molar-refractivity contribution in [3.05, 3.63) is 52.5 Å². The second kappa shape index (κ2) is 6.45. The lowest BCUT2D eigenvalue weighted by Crippen LogP contribution is -2.13. The standard InChI is InChI=1S/C17H16N2O4S2/c1-10-7-15(23-18-10)16-9-17(12(3)24-16)25(21,22)19-14-6-4-5-13(8-14)11(2)20/h4-9,19H,1-3H3. The molecule has 0 aliphatic rings. The number of rotatable bonds is 5. The van der Waals surface area contributed by atoms with Gasteiger partial charge in [-0.15, -0.1) is 11.3 Å². The predicted octanol–water partition coefficient (Wildman–Crippen LogP) is 4.02. The number of Topliss-reactive ketones (excluding diaryl/α,β-unsaturated/α-hetero) is 1. The number of nitrogens with one attached hydrogen (secondary N) is 1. The highest BCUT2D eigenvalue weighted by Crippen LogP contribution is 2.34. The molecule has 0 aliphatic heterocycles. The lowest BCUT2D eigenvalue weighted by Gasteiger charge is -2.08. The van der Waals surface area contributed by atoms with Crippen LogP contribution in [0.3, 0.4) is 0 Å². The minimum Gasteiger partial charge on any atom is -0.355 e. The van der Waals surface area contributed by atoms with E-state index in [2.05, 4.69) is 9.88 Å². The van der Waals surface area contributed by atoms with Crippen LogP contribution in [0.1, 0.15) is 27.9 Å². The summed E-state index contributed by atoms with van der Waals surface area (Å²) in [5.41, 5.74) is 1.51. The Kier molecular flexibility index (Phi) is 4.49. The molecule has 6 nitrogen and oxygen atoms in total. The van der Waals surface area contributed by atoms with Gasteiger partial charge in [-0.05, 0) is 39.0 Å². The minimum absolute atomic E-state index is 0.129. The van der Waals surface area contributed by atoms with E-state index in [0.717, 1.165) is 5.69 Å². The van der Waals surface area contributed by atoms with Crippen LogP contribution in [0, 0.1) is 13.8 Å². The summed E-state index contributed by atoms with van der Waals surface area (Å²) in [5.74, 6) is 0.404. The monoisotopic (exact) mass is 376 g/mol. The fraction of sp³-hybridized carbons (Fsp3) is 0.176. The number of carbonyl (C=O) groups excluding carboxylic acids is 1. The summed E-state index contributed by atoms with van der Waals surface area (Å²) >= 11 is 1.32. The van der Waals surface area contributed by atoms with Gasteiger partial charge in [-0.3, -0.25) is 9.52 Å². The summed E-state index contributed by atoms with van der Waals surface area (Å²) in [4.78, 5) is 13.0. The van der Waals surface area contributed by atoms with Crippen LogP contribution in [0.25, 0.3) is 10.6 Å². The number of benzene rings is 1. The first-order chi connectivity index (χ1) is 11.8. The molecule has 1 aromatic carbocycles. The third kappa shape index (κ3) is 3.64. The van der Waals surface area contributed by atoms with Crippen molar-refractivity contribution in [3.63, 3.8) is 0 Å². The molecule has 3 aromatic rings. The predicted molar refractivity (Wildman–Crippen MR) is 96.5 cm³/mol. The first-order valence-corrected chi connectivity index (χ1v) is 9.74. The molecule has 0 spiro atoms. The number of carbonyl (C=O) groups is 1. The van der Waals surface area contributed by atoms with Crippen molar-refractivity contribution in [1.82, 2.24) is 5.16 Å². The Hall–Kier alpha value is -2.45. The van der Waals surface area contributed by atoms with Crippen LogP contribution >= 0.6 is 11.3 Å². The van der Waals surface area contributed by atoms with Crippen molar-refractivity contribution < 1.29 is 17.7 Å². The van der Waals surface area contributed by atoms with E-state index in [1.807, 2.05) is 0 Å². The Labute approximate surface area is 149 Å². The molecule has 0 saturated heterocycles. The lowest BCUT2D eigenvalue weighted by atomic mass is 10.1. The molecule has 3 rings (SSSR count). The first kappa shape index (κ1) is 17.4. The third-order valence-electron chi connectivity index (χ3n) is 3.55. The number of sulfonamides is 1. The Balaban J connectivity index is 1.94. The van der Waals surface area contributed by atoms with Crippen LogP contribution in [0.15, 0.2) is 45.8 Å². The Morgan fingerprint density at radius 3 is 2.60 bits per heavy atom. The molecular weight excluding hydrogens is 360 g/mol. The maximum absolute atomic E-state index is 12.7. The van der Waals surface area contributed by atoms with Crippen molar-refractivity contribution in [2.75, 3.05) is 4.72 Å². The zero-order chi connectivity index (χ0) is 18.2. The summed E-state index contributed by atoms with van der Waals surface area (Å²) in [6, 6.07) is 9.72. The topological polar surface area (TPSA) is 89.3 Å². The second-order valence-electron chi connectivity index (χ2n) is 5.61. The molecule has 0 amide bonds. The van der Waals surface area contributed by atoms with Crippen LogP contribution in [0.5, 0.6) is 0 Å². The largest absolute Gasteiger partial charge is 0.355 e. The van der Waals surface area contributed by atoms with Gasteiger partial charge in [0.1, 0.15) is 4.90 Å². The van der Waals surface area contributed by atoms with Crippen LogP contribution < -0.4 is 4.72 Å². The highest BCUT2D eigenvalue weighted by Gasteiger charge is 2.22. The fourth-order valence-electron chi connectivity index (χ4n) is 2.35. The molecule has 0 fully saturated rings. The summed E-state index contributed by atoms with van der Waals surface area (Å²) in [6.45, 7) is 4.97. The SMILES string of the molecule is CC(=O)c1cccc(NS(=O)(=O)c2cc(-c3cc(C)no3)sc2C)c1. The highest BCUT2D eigenvalue weighted by atomic mass is 32.2. The van der Waals surface area contributed by atoms with E-state index in [-0.39, 0.29) is 10.7 Å². The lowest BCUT2D eigenvalue weighted by molar-refractivity contribution is 0.101. The number of aryl methyl sites for hydroxylation is 2. The molecule has 25 heavy (non-hydrogen) atoms. The smallest absolute Gasteiger partial charge is 0.263 e. The summed E-state index contributed by atoms with van der Waals surface area (Å²) < 4.78 is 33.2. The highest BCUT2D eigenvalue weighted by molar-refractivity contribution is 7.93. The Morgan fingerprint density at radius 2 is 1.96 bits per heavy atom. The van der Waals surface area contributed by atoms with Crippen LogP contribution in [0.2, 0.25) is 0 Å². The number of anilines is 1. The molecule has 0 radical (unpaired) electrons. The van der Waals surface area contributed by atoms with Crippen molar-refractivity contribution in [1.29, 1.82) is 0 Å². The van der Waals surface area contributed by atoms with E-state index in [0.29, 0.717) is 26.8 Å². The summed E-state index contributed by atoms with van der Waals surface area (Å²) in [6.07, 6.45) is 0. The van der Waals surface area contributed by atoms with Gasteiger partial charge in [0.15, 0.2) is 11.5 Å². The number of hydrogen-bond acceptors (Lipinski definition) is 6. The quantitative estimate of drug-likeness (QED) is 0.679. The van der Waals surface area contributed by atoms with Gasteiger partial charge >= 0.3 is 0 Å². The fourth-order valence-corrected chi connectivity index (χ4v) is 4.94. The van der Waals surface area contributed by atoms with E-state index in [9.17, 15) is 13.2 Å². The van der Waals surface area contributed by atoms with E-state index in [4.69, 9.17) is 4.52 Å². The van der Waals surface area contributed by atoms with E-state index in [1.165, 1.54) is 24.3 Å². The number of ketones is 1. The van der Waals surface area contributed by atoms with Crippen molar-refractivity contribution in [2.24, 2.45) is 0 Å². The van der Waals surface area contributed by atoms with Crippen LogP contribution in [0.4, 0.5) is 5.69 Å². The van der Waals surface area contributed by atoms with Gasteiger partial charge in [0.2, 0.25) is 0 Å². The summed E-state index contributed by atoms with van der Waals surface area (Å²) in [5, 5.41) is 3.82. The molecule has 0 bridgehead atoms. The van der Waals surface area contributed by atoms with Gasteiger partial charge in [-0.1, -0.05) is 17.3 Å². The molecule has 1 N–H and O–H groups in total. The van der Waals surface area contributed by atoms with Crippen LogP contribution in [-0.2, 0) is 10.0 Å². The van der Waals surface area contributed by atoms with Crippen molar-refractivity contribution in [3.8, 4) is 10.6 Å². The third-order valence-corrected chi connectivity index (χ3v) is 6.26. The maximum Gasteiger partial charge on any atom is 0.263 e. The molecule has 0 aliphatic carbocycles. The maximum atomic E-state index is 12.7. The van der Waals surface area contributed by atoms with Gasteiger partial charge < -0.3 is 4.52 Å². The van der Waals surface area contributed by atoms with Gasteiger partial charge in [0, 0.05) is 22.2 Å². The summed E-state index contributed by atoms with van der Waals surface area (Å²) in [7, 11) is -3.78. The molecular formula is C17H16N2O4S2. The minimum atomic E-state index is -3.78. The van der Waals surface area contributed by atoms with Crippen LogP contribution in [-0.4, -0.2) is 19.4 Å². The zero-order valence-electron chi connectivity index (χ0n) is 13.9. The Morgan fingerprint density at radius 1 is 1.20 bits per heavy atom. The first-order valence-electron chi connectivity index (χ1n) is 7.44. The number of nitrogens with zero attached hydrogens (tertiary/aromatic N) is 1. The van der Waals surface area contributed by atoms with E-state index in [1.54, 1.807) is 44.2 Å². The van der Waals surface area contributed by atoms with Gasteiger partial charge in [0.25, 0.3) is 10.0 Å². The number of thiophene rings is 1. The molecule has 0 unspecified atom stereocenters. The molecule has 8 heteroatoms. The number of aromatic nitrogens is 1. The van der Waals surface area contributed by atoms with Crippen molar-refractivity contribution >= 4 is 32.8 Å². The van der Waals surface area contributed by atoms with Gasteiger partial charge in [-0.2, -0.15) is 0 Å². The Bertz CT molecular complexity index is 1050. The zero-order valence-corrected chi connectivity index (χ0v) is 15.5. The molecule has 0 atom stereocenters. The number of hydrogen-bond donors (Lipinski definition) is 1. The second-order valence-corrected chi connectivity index (χ2v) is 8.51. The molecule has 130 valence electrons. The average Bonchev–Trinajstić information content (AvgIpc) is 3.13. The molecule has 2 aromatic heterocycles. The van der Waals surface area contributed by atoms with Crippen molar-refractivity contribution in [2.45, 2.75) is 25.7 Å². The van der Waals surface area contributed by atoms with Gasteiger partial charge in [-0.25, -0.2) is 8.42 Å². The molecule has 0 saturated carbocycles. The van der Waals surface area contributed by atoms with E-state index < -0.39 is 10.0 Å². The van der Waals surface area contributed by atoms with Gasteiger partial charge in [0.05, 0.1) is 10.6 Å². The molecule has 2 heterocycles. The van der Waals surface area contributed by atoms with E-state index >= 15 is 0 Å². The normalized spacial score (nSPS) is 11.5. The average molecular weight is 376 g/mol.